The van der Waals surface area contributed by atoms with E-state index in [1.807, 2.05) is 19.9 Å². The molecule has 0 saturated carbocycles. The van der Waals surface area contributed by atoms with Gasteiger partial charge in [-0.2, -0.15) is 0 Å². The fourth-order valence-corrected chi connectivity index (χ4v) is 3.37. The number of nitrogens with one attached hydrogen (secondary N) is 1. The van der Waals surface area contributed by atoms with Gasteiger partial charge in [-0.3, -0.25) is 4.79 Å². The predicted octanol–water partition coefficient (Wildman–Crippen LogP) is 2.98. The van der Waals surface area contributed by atoms with Crippen LogP contribution in [0.15, 0.2) is 34.7 Å². The Morgan fingerprint density at radius 3 is 2.88 bits per heavy atom. The van der Waals surface area contributed by atoms with E-state index in [2.05, 4.69) is 39.5 Å². The van der Waals surface area contributed by atoms with Gasteiger partial charge in [-0.1, -0.05) is 37.3 Å². The Labute approximate surface area is 149 Å². The van der Waals surface area contributed by atoms with Crippen LogP contribution < -0.4 is 5.32 Å². The highest BCUT2D eigenvalue weighted by molar-refractivity contribution is 5.92. The second-order valence-corrected chi connectivity index (χ2v) is 6.72. The maximum absolute atomic E-state index is 12.5. The van der Waals surface area contributed by atoms with Crippen LogP contribution >= 0.6 is 0 Å². The Morgan fingerprint density at radius 1 is 1.36 bits per heavy atom. The minimum atomic E-state index is -0.139. The predicted molar refractivity (Wildman–Crippen MR) is 97.7 cm³/mol. The number of nitrogens with zero attached hydrogens (tertiary/aromatic N) is 2. The molecule has 1 aromatic carbocycles. The van der Waals surface area contributed by atoms with E-state index in [0.717, 1.165) is 38.9 Å². The van der Waals surface area contributed by atoms with Crippen molar-refractivity contribution < 1.29 is 9.21 Å². The van der Waals surface area contributed by atoms with Crippen LogP contribution in [0, 0.1) is 6.92 Å². The fraction of sp³-hybridized carbons (Fsp3) is 0.500. The van der Waals surface area contributed by atoms with Gasteiger partial charge in [0.15, 0.2) is 5.89 Å². The average Bonchev–Trinajstić information content (AvgIpc) is 3.02. The van der Waals surface area contributed by atoms with E-state index >= 15 is 0 Å². The monoisotopic (exact) mass is 341 g/mol. The van der Waals surface area contributed by atoms with E-state index in [4.69, 9.17) is 4.42 Å². The summed E-state index contributed by atoms with van der Waals surface area (Å²) in [6.45, 7) is 6.81. The number of likely N-dealkylation sites (tertiary alicyclic amines) is 1. The Hall–Kier alpha value is -2.14. The van der Waals surface area contributed by atoms with E-state index in [9.17, 15) is 4.79 Å². The van der Waals surface area contributed by atoms with Crippen molar-refractivity contribution in [3.05, 3.63) is 53.2 Å². The minimum Gasteiger partial charge on any atom is -0.435 e. The number of benzene rings is 1. The molecule has 1 N–H and O–H groups in total. The standard InChI is InChI=1S/C20H27N3O2/c1-3-18-21-15(2)19(25-18)20(24)22-17-10-7-12-23(14-17)13-11-16-8-5-4-6-9-16/h4-6,8-9,17H,3,7,10-14H2,1-2H3,(H,22,24). The van der Waals surface area contributed by atoms with Crippen LogP contribution in [0.3, 0.4) is 0 Å². The topological polar surface area (TPSA) is 58.4 Å². The van der Waals surface area contributed by atoms with Crippen molar-refractivity contribution in [2.75, 3.05) is 19.6 Å². The SMILES string of the molecule is CCc1nc(C)c(C(=O)NC2CCCN(CCc3ccccc3)C2)o1. The lowest BCUT2D eigenvalue weighted by Gasteiger charge is -2.33. The van der Waals surface area contributed by atoms with Crippen molar-refractivity contribution >= 4 is 5.91 Å². The first-order chi connectivity index (χ1) is 12.2. The zero-order valence-electron chi connectivity index (χ0n) is 15.1. The summed E-state index contributed by atoms with van der Waals surface area (Å²) in [6.07, 6.45) is 3.87. The van der Waals surface area contributed by atoms with Gasteiger partial charge in [-0.25, -0.2) is 4.98 Å². The zero-order chi connectivity index (χ0) is 17.6. The molecule has 3 rings (SSSR count). The number of carbonyl (C=O) groups excluding carboxylic acids is 1. The van der Waals surface area contributed by atoms with E-state index in [0.29, 0.717) is 23.8 Å². The molecule has 0 bridgehead atoms. The highest BCUT2D eigenvalue weighted by Gasteiger charge is 2.24. The molecule has 2 heterocycles. The van der Waals surface area contributed by atoms with E-state index in [-0.39, 0.29) is 11.9 Å². The summed E-state index contributed by atoms with van der Waals surface area (Å²) in [5, 5.41) is 3.13. The number of piperidine rings is 1. The molecule has 1 fully saturated rings. The lowest BCUT2D eigenvalue weighted by atomic mass is 10.0. The number of aromatic nitrogens is 1. The van der Waals surface area contributed by atoms with Crippen LogP contribution in [0.2, 0.25) is 0 Å². The number of amides is 1. The van der Waals surface area contributed by atoms with Gasteiger partial charge < -0.3 is 14.6 Å². The van der Waals surface area contributed by atoms with Gasteiger partial charge in [0.05, 0.1) is 5.69 Å². The molecular formula is C20H27N3O2. The molecule has 25 heavy (non-hydrogen) atoms. The van der Waals surface area contributed by atoms with Gasteiger partial charge in [0, 0.05) is 25.6 Å². The molecule has 0 spiro atoms. The number of rotatable bonds is 6. The van der Waals surface area contributed by atoms with Crippen molar-refractivity contribution in [1.82, 2.24) is 15.2 Å². The maximum Gasteiger partial charge on any atom is 0.289 e. The third kappa shape index (κ3) is 4.69. The van der Waals surface area contributed by atoms with Crippen molar-refractivity contribution in [3.8, 4) is 0 Å². The Morgan fingerprint density at radius 2 is 2.16 bits per heavy atom. The molecule has 134 valence electrons. The van der Waals surface area contributed by atoms with Crippen molar-refractivity contribution in [3.63, 3.8) is 0 Å². The lowest BCUT2D eigenvalue weighted by Crippen LogP contribution is -2.48. The Bertz CT molecular complexity index is 696. The van der Waals surface area contributed by atoms with Crippen LogP contribution in [0.1, 0.15) is 47.5 Å². The summed E-state index contributed by atoms with van der Waals surface area (Å²) in [4.78, 5) is 19.2. The first kappa shape index (κ1) is 17.7. The van der Waals surface area contributed by atoms with E-state index < -0.39 is 0 Å². The van der Waals surface area contributed by atoms with Crippen LogP contribution in [0.5, 0.6) is 0 Å². The molecular weight excluding hydrogens is 314 g/mol. The molecule has 1 aliphatic rings. The number of oxazole rings is 1. The summed E-state index contributed by atoms with van der Waals surface area (Å²) < 4.78 is 5.56. The van der Waals surface area contributed by atoms with Gasteiger partial charge >= 0.3 is 0 Å². The number of aryl methyl sites for hydroxylation is 2. The van der Waals surface area contributed by atoms with Gasteiger partial charge in [0.2, 0.25) is 5.76 Å². The maximum atomic E-state index is 12.5. The summed E-state index contributed by atoms with van der Waals surface area (Å²) in [5.41, 5.74) is 2.03. The summed E-state index contributed by atoms with van der Waals surface area (Å²) >= 11 is 0. The number of hydrogen-bond donors (Lipinski definition) is 1. The first-order valence-corrected chi connectivity index (χ1v) is 9.19. The van der Waals surface area contributed by atoms with Gasteiger partial charge in [0.1, 0.15) is 0 Å². The molecule has 1 unspecified atom stereocenters. The smallest absolute Gasteiger partial charge is 0.289 e. The van der Waals surface area contributed by atoms with Gasteiger partial charge in [-0.05, 0) is 38.3 Å². The van der Waals surface area contributed by atoms with Crippen LogP contribution in [-0.4, -0.2) is 41.5 Å². The fourth-order valence-electron chi connectivity index (χ4n) is 3.37. The minimum absolute atomic E-state index is 0.139. The second kappa shape index (κ2) is 8.30. The largest absolute Gasteiger partial charge is 0.435 e. The number of carbonyl (C=O) groups is 1. The second-order valence-electron chi connectivity index (χ2n) is 6.72. The third-order valence-corrected chi connectivity index (χ3v) is 4.75. The molecule has 1 atom stereocenters. The molecule has 1 saturated heterocycles. The van der Waals surface area contributed by atoms with Crippen LogP contribution in [-0.2, 0) is 12.8 Å². The third-order valence-electron chi connectivity index (χ3n) is 4.75. The molecule has 2 aromatic rings. The summed E-state index contributed by atoms with van der Waals surface area (Å²) in [5.74, 6) is 0.841. The van der Waals surface area contributed by atoms with E-state index in [1.54, 1.807) is 0 Å². The van der Waals surface area contributed by atoms with Crippen LogP contribution in [0.25, 0.3) is 0 Å². The van der Waals surface area contributed by atoms with Crippen molar-refractivity contribution in [1.29, 1.82) is 0 Å². The lowest BCUT2D eigenvalue weighted by molar-refractivity contribution is 0.0873. The Balaban J connectivity index is 1.52. The molecule has 5 heteroatoms. The van der Waals surface area contributed by atoms with Gasteiger partial charge in [-0.15, -0.1) is 0 Å². The average molecular weight is 341 g/mol. The van der Waals surface area contributed by atoms with Crippen molar-refractivity contribution in [2.45, 2.75) is 45.6 Å². The molecule has 1 aromatic heterocycles. The molecule has 0 radical (unpaired) electrons. The zero-order valence-corrected chi connectivity index (χ0v) is 15.1. The molecule has 1 amide bonds. The van der Waals surface area contributed by atoms with Gasteiger partial charge in [0.25, 0.3) is 5.91 Å². The summed E-state index contributed by atoms with van der Waals surface area (Å²) in [6, 6.07) is 10.7. The molecule has 0 aliphatic carbocycles. The van der Waals surface area contributed by atoms with Crippen LogP contribution in [0.4, 0.5) is 0 Å². The van der Waals surface area contributed by atoms with E-state index in [1.165, 1.54) is 5.56 Å². The normalized spacial score (nSPS) is 18.2. The number of hydrogen-bond acceptors (Lipinski definition) is 4. The first-order valence-electron chi connectivity index (χ1n) is 9.19. The quantitative estimate of drug-likeness (QED) is 0.877. The Kier molecular flexibility index (Phi) is 5.87. The highest BCUT2D eigenvalue weighted by Crippen LogP contribution is 2.14. The molecule has 1 aliphatic heterocycles. The molecule has 5 nitrogen and oxygen atoms in total. The highest BCUT2D eigenvalue weighted by atomic mass is 16.4. The van der Waals surface area contributed by atoms with Crippen molar-refractivity contribution in [2.24, 2.45) is 0 Å². The summed E-state index contributed by atoms with van der Waals surface area (Å²) in [7, 11) is 0.